The summed E-state index contributed by atoms with van der Waals surface area (Å²) in [6, 6.07) is 4.22. The van der Waals surface area contributed by atoms with Crippen LogP contribution in [0.15, 0.2) is 24.5 Å². The van der Waals surface area contributed by atoms with E-state index >= 15 is 0 Å². The lowest BCUT2D eigenvalue weighted by Crippen LogP contribution is -2.34. The van der Waals surface area contributed by atoms with E-state index in [1.54, 1.807) is 13.3 Å². The Labute approximate surface area is 91.9 Å². The molecule has 0 aromatic carbocycles. The van der Waals surface area contributed by atoms with Gasteiger partial charge in [0, 0.05) is 19.5 Å². The van der Waals surface area contributed by atoms with Crippen LogP contribution in [0, 0.1) is 5.92 Å². The molecule has 1 aromatic heterocycles. The summed E-state index contributed by atoms with van der Waals surface area (Å²) >= 11 is 0. The summed E-state index contributed by atoms with van der Waals surface area (Å²) < 4.78 is 5.53. The maximum atomic E-state index is 5.53. The van der Waals surface area contributed by atoms with E-state index in [0.717, 1.165) is 0 Å². The van der Waals surface area contributed by atoms with Crippen molar-refractivity contribution in [2.45, 2.75) is 26.0 Å². The van der Waals surface area contributed by atoms with Crippen LogP contribution in [0.4, 0.5) is 0 Å². The molecule has 0 spiro atoms. The molecule has 0 radical (unpaired) electrons. The Morgan fingerprint density at radius 3 is 2.53 bits per heavy atom. The van der Waals surface area contributed by atoms with Gasteiger partial charge in [0.05, 0.1) is 12.1 Å². The molecule has 2 unspecified atom stereocenters. The molecule has 2 atom stereocenters. The average Bonchev–Trinajstić information content (AvgIpc) is 2.26. The first-order valence-electron chi connectivity index (χ1n) is 5.30. The van der Waals surface area contributed by atoms with Gasteiger partial charge in [0.25, 0.3) is 0 Å². The SMILES string of the molecule is CNC(c1cccnc1)C(OC)C(C)C. The number of nitrogens with one attached hydrogen (secondary N) is 1. The zero-order valence-corrected chi connectivity index (χ0v) is 9.90. The van der Waals surface area contributed by atoms with E-state index in [-0.39, 0.29) is 12.1 Å². The number of aromatic nitrogens is 1. The van der Waals surface area contributed by atoms with E-state index < -0.39 is 0 Å². The van der Waals surface area contributed by atoms with Crippen molar-refractivity contribution in [3.63, 3.8) is 0 Å². The van der Waals surface area contributed by atoms with Crippen LogP contribution in [0.1, 0.15) is 25.5 Å². The minimum atomic E-state index is 0.166. The zero-order valence-electron chi connectivity index (χ0n) is 9.90. The lowest BCUT2D eigenvalue weighted by Gasteiger charge is -2.28. The number of hydrogen-bond acceptors (Lipinski definition) is 3. The third kappa shape index (κ3) is 3.01. The minimum absolute atomic E-state index is 0.166. The fourth-order valence-corrected chi connectivity index (χ4v) is 1.87. The van der Waals surface area contributed by atoms with Crippen LogP contribution in [0.2, 0.25) is 0 Å². The molecule has 1 heterocycles. The highest BCUT2D eigenvalue weighted by atomic mass is 16.5. The first kappa shape index (κ1) is 12.1. The Hall–Kier alpha value is -0.930. The summed E-state index contributed by atoms with van der Waals surface area (Å²) in [5, 5.41) is 3.29. The van der Waals surface area contributed by atoms with Gasteiger partial charge < -0.3 is 10.1 Å². The minimum Gasteiger partial charge on any atom is -0.379 e. The van der Waals surface area contributed by atoms with Gasteiger partial charge in [0.1, 0.15) is 0 Å². The normalized spacial score (nSPS) is 15.3. The summed E-state index contributed by atoms with van der Waals surface area (Å²) in [5.74, 6) is 0.465. The molecule has 1 rings (SSSR count). The molecule has 84 valence electrons. The fourth-order valence-electron chi connectivity index (χ4n) is 1.87. The van der Waals surface area contributed by atoms with Gasteiger partial charge in [-0.25, -0.2) is 0 Å². The average molecular weight is 208 g/mol. The van der Waals surface area contributed by atoms with Crippen molar-refractivity contribution in [3.8, 4) is 0 Å². The van der Waals surface area contributed by atoms with Gasteiger partial charge in [-0.2, -0.15) is 0 Å². The van der Waals surface area contributed by atoms with Crippen molar-refractivity contribution < 1.29 is 4.74 Å². The molecule has 0 aliphatic rings. The number of likely N-dealkylation sites (N-methyl/N-ethyl adjacent to an activating group) is 1. The second-order valence-corrected chi connectivity index (χ2v) is 4.00. The number of hydrogen-bond donors (Lipinski definition) is 1. The number of rotatable bonds is 5. The third-order valence-corrected chi connectivity index (χ3v) is 2.61. The maximum Gasteiger partial charge on any atom is 0.0789 e. The van der Waals surface area contributed by atoms with Crippen molar-refractivity contribution in [1.82, 2.24) is 10.3 Å². The van der Waals surface area contributed by atoms with Crippen LogP contribution in [0.3, 0.4) is 0 Å². The Balaban J connectivity index is 2.87. The quantitative estimate of drug-likeness (QED) is 0.803. The van der Waals surface area contributed by atoms with E-state index in [2.05, 4.69) is 30.2 Å². The Morgan fingerprint density at radius 1 is 1.40 bits per heavy atom. The molecule has 15 heavy (non-hydrogen) atoms. The molecule has 1 aromatic rings. The summed E-state index contributed by atoms with van der Waals surface area (Å²) in [6.07, 6.45) is 3.84. The van der Waals surface area contributed by atoms with E-state index in [0.29, 0.717) is 5.92 Å². The molecule has 0 aliphatic carbocycles. The smallest absolute Gasteiger partial charge is 0.0789 e. The van der Waals surface area contributed by atoms with Gasteiger partial charge >= 0.3 is 0 Å². The molecule has 0 fully saturated rings. The van der Waals surface area contributed by atoms with Gasteiger partial charge in [-0.15, -0.1) is 0 Å². The second kappa shape index (κ2) is 5.83. The molecule has 0 saturated heterocycles. The number of nitrogens with zero attached hydrogens (tertiary/aromatic N) is 1. The lowest BCUT2D eigenvalue weighted by molar-refractivity contribution is 0.0347. The van der Waals surface area contributed by atoms with Crippen molar-refractivity contribution in [2.24, 2.45) is 5.92 Å². The number of ether oxygens (including phenoxy) is 1. The lowest BCUT2D eigenvalue weighted by atomic mass is 9.94. The Bertz CT molecular complexity index is 274. The van der Waals surface area contributed by atoms with E-state index in [1.807, 2.05) is 19.3 Å². The highest BCUT2D eigenvalue weighted by Crippen LogP contribution is 2.23. The topological polar surface area (TPSA) is 34.2 Å². The molecular formula is C12H20N2O. The molecule has 0 saturated carbocycles. The Morgan fingerprint density at radius 2 is 2.13 bits per heavy atom. The molecule has 0 amide bonds. The number of methoxy groups -OCH3 is 1. The van der Waals surface area contributed by atoms with E-state index in [4.69, 9.17) is 4.74 Å². The third-order valence-electron chi connectivity index (χ3n) is 2.61. The first-order chi connectivity index (χ1) is 7.20. The van der Waals surface area contributed by atoms with Crippen LogP contribution in [0.25, 0.3) is 0 Å². The van der Waals surface area contributed by atoms with Crippen LogP contribution in [-0.4, -0.2) is 25.2 Å². The molecule has 3 heteroatoms. The van der Waals surface area contributed by atoms with Crippen LogP contribution >= 0.6 is 0 Å². The maximum absolute atomic E-state index is 5.53. The predicted octanol–water partition coefficient (Wildman–Crippen LogP) is 2.01. The molecular weight excluding hydrogens is 188 g/mol. The first-order valence-corrected chi connectivity index (χ1v) is 5.30. The van der Waals surface area contributed by atoms with E-state index in [9.17, 15) is 0 Å². The highest BCUT2D eigenvalue weighted by Gasteiger charge is 2.24. The van der Waals surface area contributed by atoms with Crippen molar-refractivity contribution in [2.75, 3.05) is 14.2 Å². The largest absolute Gasteiger partial charge is 0.379 e. The highest BCUT2D eigenvalue weighted by molar-refractivity contribution is 5.15. The van der Waals surface area contributed by atoms with Gasteiger partial charge in [-0.1, -0.05) is 19.9 Å². The summed E-state index contributed by atoms with van der Waals surface area (Å²) in [7, 11) is 3.71. The van der Waals surface area contributed by atoms with Gasteiger partial charge in [0.15, 0.2) is 0 Å². The summed E-state index contributed by atoms with van der Waals surface area (Å²) in [6.45, 7) is 4.32. The van der Waals surface area contributed by atoms with Crippen LogP contribution < -0.4 is 5.32 Å². The zero-order chi connectivity index (χ0) is 11.3. The fraction of sp³-hybridized carbons (Fsp3) is 0.583. The van der Waals surface area contributed by atoms with E-state index in [1.165, 1.54) is 5.56 Å². The van der Waals surface area contributed by atoms with Crippen LogP contribution in [0.5, 0.6) is 0 Å². The summed E-state index contributed by atoms with van der Waals surface area (Å²) in [5.41, 5.74) is 1.17. The van der Waals surface area contributed by atoms with Crippen molar-refractivity contribution in [1.29, 1.82) is 0 Å². The van der Waals surface area contributed by atoms with Crippen LogP contribution in [-0.2, 0) is 4.74 Å². The molecule has 0 bridgehead atoms. The number of pyridine rings is 1. The van der Waals surface area contributed by atoms with Gasteiger partial charge in [0.2, 0.25) is 0 Å². The van der Waals surface area contributed by atoms with Crippen molar-refractivity contribution in [3.05, 3.63) is 30.1 Å². The second-order valence-electron chi connectivity index (χ2n) is 4.00. The summed E-state index contributed by atoms with van der Waals surface area (Å²) in [4.78, 5) is 4.13. The molecule has 3 nitrogen and oxygen atoms in total. The predicted molar refractivity (Wildman–Crippen MR) is 61.7 cm³/mol. The molecule has 1 N–H and O–H groups in total. The Kier molecular flexibility index (Phi) is 4.72. The standard InChI is InChI=1S/C12H20N2O/c1-9(2)12(15-4)11(13-3)10-6-5-7-14-8-10/h5-9,11-13H,1-4H3. The molecule has 0 aliphatic heterocycles. The van der Waals surface area contributed by atoms with Crippen molar-refractivity contribution >= 4 is 0 Å². The van der Waals surface area contributed by atoms with Gasteiger partial charge in [-0.05, 0) is 24.6 Å². The monoisotopic (exact) mass is 208 g/mol. The van der Waals surface area contributed by atoms with Gasteiger partial charge in [-0.3, -0.25) is 4.98 Å².